The van der Waals surface area contributed by atoms with E-state index in [-0.39, 0.29) is 0 Å². The van der Waals surface area contributed by atoms with Gasteiger partial charge in [-0.2, -0.15) is 0 Å². The molecule has 4 nitrogen and oxygen atoms in total. The zero-order valence-electron chi connectivity index (χ0n) is 12.4. The lowest BCUT2D eigenvalue weighted by molar-refractivity contribution is 0.209. The molecule has 1 aliphatic rings. The second-order valence-electron chi connectivity index (χ2n) is 5.38. The molecule has 1 aliphatic heterocycles. The minimum atomic E-state index is 0.527. The maximum absolute atomic E-state index is 5.51. The summed E-state index contributed by atoms with van der Waals surface area (Å²) in [5.41, 5.74) is 3.54. The lowest BCUT2D eigenvalue weighted by Gasteiger charge is -2.33. The number of hydrogen-bond acceptors (Lipinski definition) is 4. The number of rotatable bonds is 4. The first-order chi connectivity index (χ1) is 9.11. The molecule has 0 radical (unpaired) electrons. The van der Waals surface area contributed by atoms with E-state index in [4.69, 9.17) is 4.74 Å². The van der Waals surface area contributed by atoms with Crippen LogP contribution in [0.1, 0.15) is 11.1 Å². The van der Waals surface area contributed by atoms with E-state index in [1.165, 1.54) is 11.1 Å². The van der Waals surface area contributed by atoms with Crippen molar-refractivity contribution in [2.45, 2.75) is 19.9 Å². The molecule has 1 heterocycles. The van der Waals surface area contributed by atoms with Crippen LogP contribution in [0.15, 0.2) is 12.1 Å². The average molecular weight is 263 g/mol. The predicted octanol–water partition coefficient (Wildman–Crippen LogP) is 1.63. The highest BCUT2D eigenvalue weighted by molar-refractivity contribution is 5.61. The van der Waals surface area contributed by atoms with E-state index in [9.17, 15) is 0 Å². The van der Waals surface area contributed by atoms with Gasteiger partial charge in [-0.3, -0.25) is 4.90 Å². The van der Waals surface area contributed by atoms with E-state index in [2.05, 4.69) is 48.6 Å². The van der Waals surface area contributed by atoms with Crippen molar-refractivity contribution in [1.82, 2.24) is 10.2 Å². The molecule has 1 atom stereocenters. The minimum Gasteiger partial charge on any atom is -0.494 e. The number of nitrogens with zero attached hydrogens (tertiary/aromatic N) is 1. The number of methoxy groups -OCH3 is 1. The van der Waals surface area contributed by atoms with Gasteiger partial charge in [-0.25, -0.2) is 0 Å². The molecule has 1 aromatic rings. The fourth-order valence-corrected chi connectivity index (χ4v) is 2.67. The number of ether oxygens (including phenoxy) is 1. The molecule has 0 spiro atoms. The molecule has 2 rings (SSSR count). The number of aryl methyl sites for hydroxylation is 2. The van der Waals surface area contributed by atoms with Crippen LogP contribution in [0.4, 0.5) is 5.69 Å². The maximum Gasteiger partial charge on any atom is 0.144 e. The quantitative estimate of drug-likeness (QED) is 0.865. The van der Waals surface area contributed by atoms with E-state index in [0.29, 0.717) is 6.04 Å². The van der Waals surface area contributed by atoms with E-state index in [1.807, 2.05) is 0 Å². The van der Waals surface area contributed by atoms with Gasteiger partial charge in [0.2, 0.25) is 0 Å². The van der Waals surface area contributed by atoms with Gasteiger partial charge >= 0.3 is 0 Å². The van der Waals surface area contributed by atoms with E-state index in [1.54, 1.807) is 7.11 Å². The molecule has 0 aliphatic carbocycles. The van der Waals surface area contributed by atoms with Crippen LogP contribution in [0.25, 0.3) is 0 Å². The number of likely N-dealkylation sites (N-methyl/N-ethyl adjacent to an activating group) is 1. The Bertz CT molecular complexity index is 434. The van der Waals surface area contributed by atoms with Crippen molar-refractivity contribution in [1.29, 1.82) is 0 Å². The van der Waals surface area contributed by atoms with Crippen LogP contribution in [-0.4, -0.2) is 51.3 Å². The molecular weight excluding hydrogens is 238 g/mol. The fourth-order valence-electron chi connectivity index (χ4n) is 2.67. The maximum atomic E-state index is 5.51. The highest BCUT2D eigenvalue weighted by atomic mass is 16.5. The first-order valence-corrected chi connectivity index (χ1v) is 6.92. The summed E-state index contributed by atoms with van der Waals surface area (Å²) in [4.78, 5) is 2.40. The van der Waals surface area contributed by atoms with Crippen molar-refractivity contribution < 1.29 is 4.74 Å². The summed E-state index contributed by atoms with van der Waals surface area (Å²) in [5, 5.41) is 6.98. The zero-order valence-corrected chi connectivity index (χ0v) is 12.4. The monoisotopic (exact) mass is 263 g/mol. The molecular formula is C15H25N3O. The summed E-state index contributed by atoms with van der Waals surface area (Å²) in [5.74, 6) is 0.956. The highest BCUT2D eigenvalue weighted by Gasteiger charge is 2.18. The van der Waals surface area contributed by atoms with Crippen molar-refractivity contribution in [2.24, 2.45) is 0 Å². The largest absolute Gasteiger partial charge is 0.494 e. The van der Waals surface area contributed by atoms with Crippen LogP contribution in [0.3, 0.4) is 0 Å². The molecule has 0 saturated carbocycles. The van der Waals surface area contributed by atoms with Gasteiger partial charge in [0.25, 0.3) is 0 Å². The van der Waals surface area contributed by atoms with Crippen LogP contribution >= 0.6 is 0 Å². The van der Waals surface area contributed by atoms with Gasteiger partial charge < -0.3 is 15.4 Å². The fraction of sp³-hybridized carbons (Fsp3) is 0.600. The van der Waals surface area contributed by atoms with Crippen LogP contribution in [0.5, 0.6) is 5.75 Å². The van der Waals surface area contributed by atoms with Crippen molar-refractivity contribution in [2.75, 3.05) is 45.7 Å². The van der Waals surface area contributed by atoms with Gasteiger partial charge in [0.1, 0.15) is 5.75 Å². The van der Waals surface area contributed by atoms with Crippen LogP contribution in [0.2, 0.25) is 0 Å². The van der Waals surface area contributed by atoms with Crippen molar-refractivity contribution in [3.8, 4) is 5.75 Å². The molecule has 0 amide bonds. The summed E-state index contributed by atoms with van der Waals surface area (Å²) < 4.78 is 5.51. The van der Waals surface area contributed by atoms with E-state index >= 15 is 0 Å². The van der Waals surface area contributed by atoms with Crippen molar-refractivity contribution >= 4 is 5.69 Å². The molecule has 19 heavy (non-hydrogen) atoms. The third kappa shape index (κ3) is 3.39. The number of nitrogens with one attached hydrogen (secondary N) is 2. The molecule has 1 unspecified atom stereocenters. The molecule has 2 N–H and O–H groups in total. The van der Waals surface area contributed by atoms with Crippen LogP contribution in [-0.2, 0) is 0 Å². The van der Waals surface area contributed by atoms with Gasteiger partial charge in [-0.1, -0.05) is 6.07 Å². The van der Waals surface area contributed by atoms with E-state index < -0.39 is 0 Å². The van der Waals surface area contributed by atoms with Crippen LogP contribution < -0.4 is 15.4 Å². The summed E-state index contributed by atoms with van der Waals surface area (Å²) in [7, 11) is 3.92. The second-order valence-corrected chi connectivity index (χ2v) is 5.38. The average Bonchev–Trinajstić information content (AvgIpc) is 2.37. The van der Waals surface area contributed by atoms with Gasteiger partial charge in [0, 0.05) is 32.2 Å². The Balaban J connectivity index is 2.06. The van der Waals surface area contributed by atoms with Gasteiger partial charge in [-0.05, 0) is 38.1 Å². The summed E-state index contributed by atoms with van der Waals surface area (Å²) >= 11 is 0. The first-order valence-electron chi connectivity index (χ1n) is 6.92. The Morgan fingerprint density at radius 1 is 1.42 bits per heavy atom. The van der Waals surface area contributed by atoms with Gasteiger partial charge in [0.05, 0.1) is 12.8 Å². The highest BCUT2D eigenvalue weighted by Crippen LogP contribution is 2.29. The van der Waals surface area contributed by atoms with Crippen molar-refractivity contribution in [3.05, 3.63) is 23.3 Å². The Morgan fingerprint density at radius 3 is 2.89 bits per heavy atom. The molecule has 1 saturated heterocycles. The first kappa shape index (κ1) is 14.2. The summed E-state index contributed by atoms with van der Waals surface area (Å²) in [6.45, 7) is 8.37. The summed E-state index contributed by atoms with van der Waals surface area (Å²) in [6.07, 6.45) is 0. The number of hydrogen-bond donors (Lipinski definition) is 2. The lowest BCUT2D eigenvalue weighted by Crippen LogP contribution is -2.52. The Morgan fingerprint density at radius 2 is 2.21 bits per heavy atom. The van der Waals surface area contributed by atoms with Gasteiger partial charge in [-0.15, -0.1) is 0 Å². The SMILES string of the molecule is COc1c(C)cc(C)cc1NCC1CNCCN1C. The molecule has 0 bridgehead atoms. The zero-order chi connectivity index (χ0) is 13.8. The minimum absolute atomic E-state index is 0.527. The lowest BCUT2D eigenvalue weighted by atomic mass is 10.1. The Hall–Kier alpha value is -1.26. The Kier molecular flexibility index (Phi) is 4.66. The standard InChI is InChI=1S/C15H25N3O/c1-11-7-12(2)15(19-4)14(8-11)17-10-13-9-16-5-6-18(13)3/h7-8,13,16-17H,5-6,9-10H2,1-4H3. The molecule has 4 heteroatoms. The van der Waals surface area contributed by atoms with Gasteiger partial charge in [0.15, 0.2) is 0 Å². The van der Waals surface area contributed by atoms with Crippen LogP contribution in [0, 0.1) is 13.8 Å². The number of anilines is 1. The van der Waals surface area contributed by atoms with E-state index in [0.717, 1.165) is 37.6 Å². The second kappa shape index (κ2) is 6.26. The normalized spacial score (nSPS) is 20.3. The number of piperazine rings is 1. The molecule has 0 aromatic heterocycles. The third-order valence-corrected chi connectivity index (χ3v) is 3.80. The predicted molar refractivity (Wildman–Crippen MR) is 80.2 cm³/mol. The smallest absolute Gasteiger partial charge is 0.144 e. The molecule has 1 fully saturated rings. The Labute approximate surface area is 116 Å². The third-order valence-electron chi connectivity index (χ3n) is 3.80. The number of benzene rings is 1. The van der Waals surface area contributed by atoms with Crippen molar-refractivity contribution in [3.63, 3.8) is 0 Å². The summed E-state index contributed by atoms with van der Waals surface area (Å²) in [6, 6.07) is 4.83. The molecule has 1 aromatic carbocycles. The topological polar surface area (TPSA) is 36.5 Å². The molecule has 106 valence electrons.